The number of rotatable bonds is 7. The van der Waals surface area contributed by atoms with Gasteiger partial charge in [-0.2, -0.15) is 0 Å². The number of fused-ring (bicyclic) bond motifs is 6. The van der Waals surface area contributed by atoms with Gasteiger partial charge in [-0.15, -0.1) is 0 Å². The largest absolute Gasteiger partial charge is 0.455 e. The van der Waals surface area contributed by atoms with Crippen LogP contribution in [0.15, 0.2) is 229 Å². The SMILES string of the molecule is c1ccc(-c2cccc(-c3ccc(N(c4cccc(-c5ccc6ccccc6c5)c4)c4ccccc4-c4ccc5oc6c7ccccc7ccc6c5c4)cc3)c2)cc1. The van der Waals surface area contributed by atoms with E-state index in [1.54, 1.807) is 0 Å². The lowest BCUT2D eigenvalue weighted by molar-refractivity contribution is 0.672. The summed E-state index contributed by atoms with van der Waals surface area (Å²) in [6, 6.07) is 80.8. The minimum Gasteiger partial charge on any atom is -0.455 e. The first kappa shape index (κ1) is 33.6. The Labute approximate surface area is 337 Å². The first-order chi connectivity index (χ1) is 28.7. The summed E-state index contributed by atoms with van der Waals surface area (Å²) in [6.45, 7) is 0. The summed E-state index contributed by atoms with van der Waals surface area (Å²) in [5, 5.41) is 7.01. The maximum absolute atomic E-state index is 6.52. The summed E-state index contributed by atoms with van der Waals surface area (Å²) in [5.41, 5.74) is 14.5. The monoisotopic (exact) mass is 739 g/mol. The van der Waals surface area contributed by atoms with Crippen molar-refractivity contribution in [2.45, 2.75) is 0 Å². The summed E-state index contributed by atoms with van der Waals surface area (Å²) in [5.74, 6) is 0. The standard InChI is InChI=1S/C56H37NO/c1-2-12-38(13-3-1)43-17-10-18-44(34-43)40-26-30-48(31-27-40)57(49-20-11-19-45(36-49)46-25-24-39-14-4-5-16-42(39)35-46)54-23-9-8-21-50(54)47-29-33-55-53(37-47)52-32-28-41-15-6-7-22-51(41)56(52)58-55/h1-37H. The van der Waals surface area contributed by atoms with Gasteiger partial charge in [0, 0.05) is 33.1 Å². The van der Waals surface area contributed by atoms with E-state index < -0.39 is 0 Å². The van der Waals surface area contributed by atoms with Crippen LogP contribution in [0.4, 0.5) is 17.1 Å². The average Bonchev–Trinajstić information content (AvgIpc) is 3.68. The van der Waals surface area contributed by atoms with Crippen LogP contribution in [0.3, 0.4) is 0 Å². The first-order valence-corrected chi connectivity index (χ1v) is 19.8. The van der Waals surface area contributed by atoms with E-state index in [1.807, 2.05) is 0 Å². The number of benzene rings is 10. The average molecular weight is 740 g/mol. The summed E-state index contributed by atoms with van der Waals surface area (Å²) in [6.07, 6.45) is 0. The van der Waals surface area contributed by atoms with Crippen molar-refractivity contribution >= 4 is 60.5 Å². The minimum absolute atomic E-state index is 0.888. The molecule has 2 heteroatoms. The zero-order valence-corrected chi connectivity index (χ0v) is 31.7. The van der Waals surface area contributed by atoms with Gasteiger partial charge < -0.3 is 9.32 Å². The summed E-state index contributed by atoms with van der Waals surface area (Å²) in [4.78, 5) is 2.40. The summed E-state index contributed by atoms with van der Waals surface area (Å²) in [7, 11) is 0. The van der Waals surface area contributed by atoms with Gasteiger partial charge in [0.25, 0.3) is 0 Å². The van der Waals surface area contributed by atoms with Crippen molar-refractivity contribution in [1.29, 1.82) is 0 Å². The van der Waals surface area contributed by atoms with E-state index in [0.717, 1.165) is 55.5 Å². The topological polar surface area (TPSA) is 16.4 Å². The Hall–Kier alpha value is -7.68. The predicted molar refractivity (Wildman–Crippen MR) is 245 cm³/mol. The third kappa shape index (κ3) is 6.00. The molecule has 2 nitrogen and oxygen atoms in total. The summed E-state index contributed by atoms with van der Waals surface area (Å²) >= 11 is 0. The molecular formula is C56H37NO. The third-order valence-corrected chi connectivity index (χ3v) is 11.4. The zero-order valence-electron chi connectivity index (χ0n) is 31.7. The van der Waals surface area contributed by atoms with Crippen molar-refractivity contribution < 1.29 is 4.42 Å². The number of hydrogen-bond acceptors (Lipinski definition) is 2. The quantitative estimate of drug-likeness (QED) is 0.162. The number of anilines is 3. The van der Waals surface area contributed by atoms with E-state index in [9.17, 15) is 0 Å². The van der Waals surface area contributed by atoms with Crippen LogP contribution < -0.4 is 4.90 Å². The smallest absolute Gasteiger partial charge is 0.143 e. The van der Waals surface area contributed by atoms with E-state index in [2.05, 4.69) is 229 Å². The van der Waals surface area contributed by atoms with E-state index in [0.29, 0.717) is 0 Å². The molecule has 0 saturated heterocycles. The maximum Gasteiger partial charge on any atom is 0.143 e. The van der Waals surface area contributed by atoms with Crippen molar-refractivity contribution in [2.75, 3.05) is 4.90 Å². The molecule has 0 spiro atoms. The highest BCUT2D eigenvalue weighted by atomic mass is 16.3. The molecule has 11 aromatic rings. The Morgan fingerprint density at radius 1 is 0.293 bits per heavy atom. The van der Waals surface area contributed by atoms with Gasteiger partial charge in [-0.1, -0.05) is 164 Å². The van der Waals surface area contributed by atoms with Crippen LogP contribution in [0.25, 0.3) is 88.0 Å². The Morgan fingerprint density at radius 2 is 0.897 bits per heavy atom. The van der Waals surface area contributed by atoms with Crippen LogP contribution in [0, 0.1) is 0 Å². The molecule has 1 heterocycles. The van der Waals surface area contributed by atoms with E-state index >= 15 is 0 Å². The second kappa shape index (κ2) is 14.1. The molecule has 0 atom stereocenters. The van der Waals surface area contributed by atoms with Crippen LogP contribution in [-0.2, 0) is 0 Å². The molecule has 0 saturated carbocycles. The molecule has 11 rings (SSSR count). The van der Waals surface area contributed by atoms with Crippen LogP contribution in [0.1, 0.15) is 0 Å². The van der Waals surface area contributed by atoms with Crippen molar-refractivity contribution in [2.24, 2.45) is 0 Å². The molecule has 272 valence electrons. The Balaban J connectivity index is 1.05. The van der Waals surface area contributed by atoms with Crippen LogP contribution in [0.2, 0.25) is 0 Å². The zero-order chi connectivity index (χ0) is 38.4. The number of hydrogen-bond donors (Lipinski definition) is 0. The normalized spacial score (nSPS) is 11.4. The minimum atomic E-state index is 0.888. The number of para-hydroxylation sites is 1. The lowest BCUT2D eigenvalue weighted by Gasteiger charge is -2.28. The van der Waals surface area contributed by atoms with Crippen molar-refractivity contribution in [1.82, 2.24) is 0 Å². The number of furan rings is 1. The molecule has 58 heavy (non-hydrogen) atoms. The molecule has 0 aliphatic heterocycles. The Kier molecular flexibility index (Phi) is 8.19. The highest BCUT2D eigenvalue weighted by molar-refractivity contribution is 6.15. The fourth-order valence-corrected chi connectivity index (χ4v) is 8.52. The van der Waals surface area contributed by atoms with E-state index in [1.165, 1.54) is 49.5 Å². The molecule has 0 radical (unpaired) electrons. The fraction of sp³-hybridized carbons (Fsp3) is 0. The molecular weight excluding hydrogens is 703 g/mol. The van der Waals surface area contributed by atoms with Gasteiger partial charge in [0.05, 0.1) is 5.69 Å². The molecule has 0 aliphatic carbocycles. The molecule has 0 aliphatic rings. The predicted octanol–water partition coefficient (Wildman–Crippen LogP) is 16.0. The number of nitrogens with zero attached hydrogens (tertiary/aromatic N) is 1. The van der Waals surface area contributed by atoms with Crippen molar-refractivity contribution in [3.8, 4) is 44.5 Å². The second-order valence-corrected chi connectivity index (χ2v) is 14.9. The maximum atomic E-state index is 6.52. The van der Waals surface area contributed by atoms with Crippen LogP contribution in [-0.4, -0.2) is 0 Å². The third-order valence-electron chi connectivity index (χ3n) is 11.4. The Morgan fingerprint density at radius 3 is 1.74 bits per heavy atom. The molecule has 0 bridgehead atoms. The van der Waals surface area contributed by atoms with Crippen molar-refractivity contribution in [3.05, 3.63) is 224 Å². The first-order valence-electron chi connectivity index (χ1n) is 19.8. The fourth-order valence-electron chi connectivity index (χ4n) is 8.52. The molecule has 0 unspecified atom stereocenters. The molecule has 0 fully saturated rings. The molecule has 0 amide bonds. The highest BCUT2D eigenvalue weighted by Crippen LogP contribution is 2.44. The van der Waals surface area contributed by atoms with E-state index in [4.69, 9.17) is 4.42 Å². The molecule has 0 N–H and O–H groups in total. The van der Waals surface area contributed by atoms with Gasteiger partial charge in [0.1, 0.15) is 11.2 Å². The van der Waals surface area contributed by atoms with Crippen molar-refractivity contribution in [3.63, 3.8) is 0 Å². The lowest BCUT2D eigenvalue weighted by Crippen LogP contribution is -2.11. The Bertz CT molecular complexity index is 3290. The second-order valence-electron chi connectivity index (χ2n) is 14.9. The van der Waals surface area contributed by atoms with Gasteiger partial charge >= 0.3 is 0 Å². The molecule has 1 aromatic heterocycles. The van der Waals surface area contributed by atoms with Gasteiger partial charge in [-0.05, 0) is 116 Å². The van der Waals surface area contributed by atoms with Gasteiger partial charge in [-0.3, -0.25) is 0 Å². The molecule has 10 aromatic carbocycles. The van der Waals surface area contributed by atoms with Gasteiger partial charge in [0.15, 0.2) is 0 Å². The van der Waals surface area contributed by atoms with Gasteiger partial charge in [0.2, 0.25) is 0 Å². The van der Waals surface area contributed by atoms with Crippen LogP contribution >= 0.6 is 0 Å². The van der Waals surface area contributed by atoms with E-state index in [-0.39, 0.29) is 0 Å². The lowest BCUT2D eigenvalue weighted by atomic mass is 9.97. The summed E-state index contributed by atoms with van der Waals surface area (Å²) < 4.78 is 6.52. The van der Waals surface area contributed by atoms with Gasteiger partial charge in [-0.25, -0.2) is 0 Å². The highest BCUT2D eigenvalue weighted by Gasteiger charge is 2.19. The van der Waals surface area contributed by atoms with Crippen LogP contribution in [0.5, 0.6) is 0 Å².